The minimum atomic E-state index is -0.299. The molecule has 2 nitrogen and oxygen atoms in total. The molecule has 0 spiro atoms. The van der Waals surface area contributed by atoms with Gasteiger partial charge in [0.15, 0.2) is 6.40 Å². The number of halogens is 2. The molecule has 0 saturated heterocycles. The van der Waals surface area contributed by atoms with Crippen LogP contribution in [0.15, 0.2) is 58.4 Å². The highest BCUT2D eigenvalue weighted by molar-refractivity contribution is 7.99. The van der Waals surface area contributed by atoms with Gasteiger partial charge in [0.05, 0.1) is 5.69 Å². The largest absolute Gasteiger partial charge is 0.472 e. The van der Waals surface area contributed by atoms with E-state index in [1.54, 1.807) is 24.3 Å². The summed E-state index contributed by atoms with van der Waals surface area (Å²) < 4.78 is 30.5. The first-order valence-electron chi connectivity index (χ1n) is 5.52. The van der Waals surface area contributed by atoms with Crippen molar-refractivity contribution in [3.63, 3.8) is 0 Å². The van der Waals surface area contributed by atoms with Crippen LogP contribution in [-0.4, -0.2) is 12.3 Å². The van der Waals surface area contributed by atoms with Gasteiger partial charge in [-0.15, -0.1) is 0 Å². The first kappa shape index (κ1) is 13.5. The van der Waals surface area contributed by atoms with Gasteiger partial charge in [-0.25, -0.2) is 13.8 Å². The molecule has 2 aromatic carbocycles. The first-order chi connectivity index (χ1) is 9.24. The van der Waals surface area contributed by atoms with Crippen molar-refractivity contribution in [2.75, 3.05) is 5.94 Å². The lowest BCUT2D eigenvalue weighted by Gasteiger charge is -2.00. The number of rotatable bonds is 5. The summed E-state index contributed by atoms with van der Waals surface area (Å²) >= 11 is 1.43. The van der Waals surface area contributed by atoms with E-state index in [1.165, 1.54) is 42.4 Å². The van der Waals surface area contributed by atoms with Crippen molar-refractivity contribution in [3.8, 4) is 0 Å². The second-order valence-corrected chi connectivity index (χ2v) is 4.59. The van der Waals surface area contributed by atoms with E-state index < -0.39 is 0 Å². The fraction of sp³-hybridized carbons (Fsp3) is 0.0714. The van der Waals surface area contributed by atoms with Crippen LogP contribution in [0.3, 0.4) is 0 Å². The van der Waals surface area contributed by atoms with Gasteiger partial charge in [0.2, 0.25) is 0 Å². The molecule has 0 saturated carbocycles. The molecule has 2 rings (SSSR count). The van der Waals surface area contributed by atoms with Crippen LogP contribution < -0.4 is 0 Å². The topological polar surface area (TPSA) is 21.6 Å². The van der Waals surface area contributed by atoms with Crippen molar-refractivity contribution in [2.24, 2.45) is 4.99 Å². The van der Waals surface area contributed by atoms with Gasteiger partial charge in [-0.05, 0) is 48.5 Å². The van der Waals surface area contributed by atoms with E-state index in [1.807, 2.05) is 0 Å². The minimum absolute atomic E-state index is 0.261. The molecule has 2 aromatic rings. The van der Waals surface area contributed by atoms with Crippen LogP contribution in [0.2, 0.25) is 0 Å². The Bertz CT molecular complexity index is 540. The van der Waals surface area contributed by atoms with E-state index in [0.29, 0.717) is 11.6 Å². The monoisotopic (exact) mass is 279 g/mol. The van der Waals surface area contributed by atoms with Gasteiger partial charge in [-0.2, -0.15) is 0 Å². The summed E-state index contributed by atoms with van der Waals surface area (Å²) in [7, 11) is 0. The second-order valence-electron chi connectivity index (χ2n) is 3.59. The summed E-state index contributed by atoms with van der Waals surface area (Å²) in [5.74, 6) is -0.189. The Morgan fingerprint density at radius 1 is 0.947 bits per heavy atom. The van der Waals surface area contributed by atoms with E-state index >= 15 is 0 Å². The highest BCUT2D eigenvalue weighted by Crippen LogP contribution is 2.18. The minimum Gasteiger partial charge on any atom is -0.472 e. The molecule has 0 heterocycles. The Labute approximate surface area is 114 Å². The SMILES string of the molecule is Fc1ccc(N=COCSc2ccc(F)cc2)cc1. The fourth-order valence-electron chi connectivity index (χ4n) is 1.29. The summed E-state index contributed by atoms with van der Waals surface area (Å²) in [5.41, 5.74) is 0.619. The maximum Gasteiger partial charge on any atom is 0.175 e. The van der Waals surface area contributed by atoms with E-state index in [0.717, 1.165) is 4.90 Å². The van der Waals surface area contributed by atoms with Crippen molar-refractivity contribution in [3.05, 3.63) is 60.2 Å². The Balaban J connectivity index is 1.74. The number of thioether (sulfide) groups is 1. The highest BCUT2D eigenvalue weighted by atomic mass is 32.2. The molecule has 0 aliphatic heterocycles. The Kier molecular flexibility index (Phi) is 4.92. The maximum atomic E-state index is 12.7. The Hall–Kier alpha value is -1.88. The van der Waals surface area contributed by atoms with Crippen LogP contribution in [0.4, 0.5) is 14.5 Å². The third-order valence-electron chi connectivity index (χ3n) is 2.21. The number of hydrogen-bond acceptors (Lipinski definition) is 3. The van der Waals surface area contributed by atoms with Crippen molar-refractivity contribution < 1.29 is 13.5 Å². The molecule has 0 N–H and O–H groups in total. The lowest BCUT2D eigenvalue weighted by Crippen LogP contribution is -1.86. The molecule has 0 amide bonds. The zero-order valence-electron chi connectivity index (χ0n) is 9.92. The van der Waals surface area contributed by atoms with Crippen LogP contribution in [0.1, 0.15) is 0 Å². The van der Waals surface area contributed by atoms with Gasteiger partial charge in [0.1, 0.15) is 17.6 Å². The van der Waals surface area contributed by atoms with Gasteiger partial charge in [-0.3, -0.25) is 0 Å². The normalized spacial score (nSPS) is 10.8. The van der Waals surface area contributed by atoms with Crippen molar-refractivity contribution in [1.29, 1.82) is 0 Å². The van der Waals surface area contributed by atoms with Crippen molar-refractivity contribution >= 4 is 23.8 Å². The molecule has 5 heteroatoms. The molecule has 0 unspecified atom stereocenters. The molecule has 19 heavy (non-hydrogen) atoms. The van der Waals surface area contributed by atoms with Gasteiger partial charge < -0.3 is 4.74 Å². The smallest absolute Gasteiger partial charge is 0.175 e. The number of benzene rings is 2. The average Bonchev–Trinajstić information content (AvgIpc) is 2.43. The third-order valence-corrected chi connectivity index (χ3v) is 3.07. The Morgan fingerprint density at radius 3 is 2.16 bits per heavy atom. The molecular formula is C14H11F2NOS. The zero-order valence-corrected chi connectivity index (χ0v) is 10.7. The lowest BCUT2D eigenvalue weighted by molar-refractivity contribution is 0.400. The molecule has 0 atom stereocenters. The molecule has 98 valence electrons. The number of hydrogen-bond donors (Lipinski definition) is 0. The van der Waals surface area contributed by atoms with E-state index in [2.05, 4.69) is 4.99 Å². The second kappa shape index (κ2) is 6.89. The fourth-order valence-corrected chi connectivity index (χ4v) is 1.88. The molecule has 0 radical (unpaired) electrons. The third kappa shape index (κ3) is 4.71. The quantitative estimate of drug-likeness (QED) is 0.266. The molecule has 0 aliphatic rings. The Morgan fingerprint density at radius 2 is 1.53 bits per heavy atom. The number of ether oxygens (including phenoxy) is 1. The van der Waals surface area contributed by atoms with Crippen LogP contribution in [0.5, 0.6) is 0 Å². The summed E-state index contributed by atoms with van der Waals surface area (Å²) in [6.45, 7) is 0. The number of aliphatic imine (C=N–C) groups is 1. The molecule has 0 aromatic heterocycles. The van der Waals surface area contributed by atoms with Crippen LogP contribution in [0.25, 0.3) is 0 Å². The van der Waals surface area contributed by atoms with Gasteiger partial charge in [-0.1, -0.05) is 11.8 Å². The molecule has 0 bridgehead atoms. The standard InChI is InChI=1S/C14H11F2NOS/c15-11-1-5-13(6-2-11)17-9-18-10-19-14-7-3-12(16)4-8-14/h1-9H,10H2. The van der Waals surface area contributed by atoms with E-state index in [-0.39, 0.29) is 11.6 Å². The van der Waals surface area contributed by atoms with Crippen LogP contribution >= 0.6 is 11.8 Å². The van der Waals surface area contributed by atoms with Crippen molar-refractivity contribution in [1.82, 2.24) is 0 Å². The van der Waals surface area contributed by atoms with Crippen LogP contribution in [-0.2, 0) is 4.74 Å². The summed E-state index contributed by atoms with van der Waals surface area (Å²) in [6.07, 6.45) is 1.31. The summed E-state index contributed by atoms with van der Waals surface area (Å²) in [6, 6.07) is 11.9. The van der Waals surface area contributed by atoms with Crippen LogP contribution in [0, 0.1) is 11.6 Å². The van der Waals surface area contributed by atoms with Gasteiger partial charge in [0, 0.05) is 4.90 Å². The molecule has 0 fully saturated rings. The maximum absolute atomic E-state index is 12.7. The molecular weight excluding hydrogens is 268 g/mol. The number of nitrogens with zero attached hydrogens (tertiary/aromatic N) is 1. The summed E-state index contributed by atoms with van der Waals surface area (Å²) in [5, 5.41) is 0. The zero-order chi connectivity index (χ0) is 13.5. The first-order valence-corrected chi connectivity index (χ1v) is 6.51. The average molecular weight is 279 g/mol. The van der Waals surface area contributed by atoms with Crippen molar-refractivity contribution in [2.45, 2.75) is 4.90 Å². The van der Waals surface area contributed by atoms with E-state index in [4.69, 9.17) is 4.74 Å². The van der Waals surface area contributed by atoms with E-state index in [9.17, 15) is 8.78 Å². The van der Waals surface area contributed by atoms with Gasteiger partial charge >= 0.3 is 0 Å². The predicted octanol–water partition coefficient (Wildman–Crippen LogP) is 4.39. The lowest BCUT2D eigenvalue weighted by atomic mass is 10.3. The van der Waals surface area contributed by atoms with Gasteiger partial charge in [0.25, 0.3) is 0 Å². The molecule has 0 aliphatic carbocycles. The summed E-state index contributed by atoms with van der Waals surface area (Å²) in [4.78, 5) is 4.92. The predicted molar refractivity (Wildman–Crippen MR) is 72.8 cm³/mol. The highest BCUT2D eigenvalue weighted by Gasteiger charge is 1.94.